The summed E-state index contributed by atoms with van der Waals surface area (Å²) in [6, 6.07) is 0. The van der Waals surface area contributed by atoms with E-state index in [1.807, 2.05) is 0 Å². The Morgan fingerprint density at radius 3 is 2.70 bits per heavy atom. The van der Waals surface area contributed by atoms with Gasteiger partial charge >= 0.3 is 0 Å². The fourth-order valence-corrected chi connectivity index (χ4v) is 0.928. The topological polar surface area (TPSA) is 9.23 Å². The number of rotatable bonds is 1. The van der Waals surface area contributed by atoms with Crippen LogP contribution in [0, 0.1) is 0 Å². The summed E-state index contributed by atoms with van der Waals surface area (Å²) in [4.78, 5) is 0. The molecule has 2 heteroatoms. The highest BCUT2D eigenvalue weighted by atomic mass is 19.1. The third-order valence-electron chi connectivity index (χ3n) is 1.70. The van der Waals surface area contributed by atoms with Crippen LogP contribution in [0.1, 0.15) is 19.8 Å². The monoisotopic (exact) mass is 142 g/mol. The van der Waals surface area contributed by atoms with Crippen molar-refractivity contribution in [3.63, 3.8) is 0 Å². The van der Waals surface area contributed by atoms with Crippen molar-refractivity contribution in [2.45, 2.75) is 19.8 Å². The molecule has 0 aromatic rings. The molecular weight excluding hydrogens is 131 g/mol. The maximum Gasteiger partial charge on any atom is 0.125 e. The summed E-state index contributed by atoms with van der Waals surface area (Å²) < 4.78 is 17.6. The van der Waals surface area contributed by atoms with Gasteiger partial charge < -0.3 is 4.74 Å². The summed E-state index contributed by atoms with van der Waals surface area (Å²) in [6.07, 6.45) is 3.07. The van der Waals surface area contributed by atoms with Gasteiger partial charge in [-0.2, -0.15) is 0 Å². The van der Waals surface area contributed by atoms with E-state index in [1.165, 1.54) is 6.08 Å². The zero-order valence-electron chi connectivity index (χ0n) is 6.28. The molecule has 0 saturated carbocycles. The SMILES string of the molecule is COC1=CC(F)=C(C)CC1. The Morgan fingerprint density at radius 2 is 2.20 bits per heavy atom. The molecule has 0 aromatic heterocycles. The molecule has 0 atom stereocenters. The van der Waals surface area contributed by atoms with Gasteiger partial charge in [0.25, 0.3) is 0 Å². The zero-order valence-corrected chi connectivity index (χ0v) is 6.28. The van der Waals surface area contributed by atoms with Crippen molar-refractivity contribution >= 4 is 0 Å². The number of halogens is 1. The molecule has 0 heterocycles. The minimum absolute atomic E-state index is 0.136. The molecule has 1 nitrogen and oxygen atoms in total. The van der Waals surface area contributed by atoms with E-state index >= 15 is 0 Å². The first-order valence-corrected chi connectivity index (χ1v) is 3.34. The van der Waals surface area contributed by atoms with Gasteiger partial charge in [-0.3, -0.25) is 0 Å². The predicted octanol–water partition coefficient (Wildman–Crippen LogP) is 2.55. The van der Waals surface area contributed by atoms with Gasteiger partial charge in [0.1, 0.15) is 5.83 Å². The highest BCUT2D eigenvalue weighted by Crippen LogP contribution is 2.24. The van der Waals surface area contributed by atoms with E-state index in [9.17, 15) is 4.39 Å². The van der Waals surface area contributed by atoms with Crippen LogP contribution in [0.4, 0.5) is 4.39 Å². The zero-order chi connectivity index (χ0) is 7.56. The third kappa shape index (κ3) is 1.38. The lowest BCUT2D eigenvalue weighted by atomic mass is 10.0. The highest BCUT2D eigenvalue weighted by Gasteiger charge is 2.09. The standard InChI is InChI=1S/C8H11FO/c1-6-3-4-7(10-2)5-8(6)9/h5H,3-4H2,1-2H3. The van der Waals surface area contributed by atoms with Gasteiger partial charge in [0.15, 0.2) is 0 Å². The lowest BCUT2D eigenvalue weighted by Gasteiger charge is -2.11. The molecule has 0 N–H and O–H groups in total. The van der Waals surface area contributed by atoms with Crippen molar-refractivity contribution in [3.8, 4) is 0 Å². The molecule has 0 aromatic carbocycles. The molecule has 0 radical (unpaired) electrons. The Kier molecular flexibility index (Phi) is 2.10. The summed E-state index contributed by atoms with van der Waals surface area (Å²) in [5.41, 5.74) is 0.820. The number of ether oxygens (including phenoxy) is 1. The van der Waals surface area contributed by atoms with Gasteiger partial charge in [-0.05, 0) is 18.9 Å². The molecule has 10 heavy (non-hydrogen) atoms. The van der Waals surface area contributed by atoms with Crippen LogP contribution in [-0.2, 0) is 4.74 Å². The normalized spacial score (nSPS) is 18.9. The first kappa shape index (κ1) is 7.32. The largest absolute Gasteiger partial charge is 0.501 e. The Morgan fingerprint density at radius 1 is 1.50 bits per heavy atom. The molecule has 0 fully saturated rings. The van der Waals surface area contributed by atoms with E-state index in [1.54, 1.807) is 14.0 Å². The van der Waals surface area contributed by atoms with Crippen LogP contribution in [-0.4, -0.2) is 7.11 Å². The van der Waals surface area contributed by atoms with Crippen LogP contribution in [0.3, 0.4) is 0 Å². The smallest absolute Gasteiger partial charge is 0.125 e. The van der Waals surface area contributed by atoms with Gasteiger partial charge in [0.05, 0.1) is 12.9 Å². The molecule has 0 aliphatic heterocycles. The van der Waals surface area contributed by atoms with E-state index in [0.717, 1.165) is 24.2 Å². The van der Waals surface area contributed by atoms with E-state index in [2.05, 4.69) is 0 Å². The average molecular weight is 142 g/mol. The van der Waals surface area contributed by atoms with Gasteiger partial charge in [-0.1, -0.05) is 0 Å². The maximum absolute atomic E-state index is 12.7. The number of hydrogen-bond acceptors (Lipinski definition) is 1. The molecular formula is C8H11FO. The summed E-state index contributed by atoms with van der Waals surface area (Å²) >= 11 is 0. The number of hydrogen-bond donors (Lipinski definition) is 0. The van der Waals surface area contributed by atoms with Gasteiger partial charge in [0, 0.05) is 12.5 Å². The second-order valence-electron chi connectivity index (χ2n) is 2.44. The fourth-order valence-electron chi connectivity index (χ4n) is 0.928. The Balaban J connectivity index is 2.76. The molecule has 56 valence electrons. The quantitative estimate of drug-likeness (QED) is 0.546. The lowest BCUT2D eigenvalue weighted by Crippen LogP contribution is -1.95. The number of methoxy groups -OCH3 is 1. The molecule has 0 spiro atoms. The van der Waals surface area contributed by atoms with Crippen molar-refractivity contribution in [3.05, 3.63) is 23.2 Å². The summed E-state index contributed by atoms with van der Waals surface area (Å²) in [7, 11) is 1.57. The first-order chi connectivity index (χ1) is 4.74. The second kappa shape index (κ2) is 2.86. The van der Waals surface area contributed by atoms with Crippen molar-refractivity contribution in [1.82, 2.24) is 0 Å². The third-order valence-corrected chi connectivity index (χ3v) is 1.70. The van der Waals surface area contributed by atoms with Crippen molar-refractivity contribution in [2.24, 2.45) is 0 Å². The highest BCUT2D eigenvalue weighted by molar-refractivity contribution is 5.25. The lowest BCUT2D eigenvalue weighted by molar-refractivity contribution is 0.273. The summed E-state index contributed by atoms with van der Waals surface area (Å²) in [5, 5.41) is 0. The van der Waals surface area contributed by atoms with Crippen molar-refractivity contribution in [1.29, 1.82) is 0 Å². The van der Waals surface area contributed by atoms with Crippen LogP contribution < -0.4 is 0 Å². The maximum atomic E-state index is 12.7. The summed E-state index contributed by atoms with van der Waals surface area (Å²) in [6.45, 7) is 1.80. The summed E-state index contributed by atoms with van der Waals surface area (Å²) in [5.74, 6) is 0.603. The van der Waals surface area contributed by atoms with Crippen LogP contribution in [0.15, 0.2) is 23.2 Å². The predicted molar refractivity (Wildman–Crippen MR) is 38.1 cm³/mol. The van der Waals surface area contributed by atoms with Gasteiger partial charge in [0.2, 0.25) is 0 Å². The van der Waals surface area contributed by atoms with Gasteiger partial charge in [-0.25, -0.2) is 4.39 Å². The van der Waals surface area contributed by atoms with E-state index in [4.69, 9.17) is 4.74 Å². The van der Waals surface area contributed by atoms with Crippen LogP contribution in [0.5, 0.6) is 0 Å². The Hall–Kier alpha value is -0.790. The Bertz CT molecular complexity index is 191. The molecule has 1 aliphatic rings. The second-order valence-corrected chi connectivity index (χ2v) is 2.44. The first-order valence-electron chi connectivity index (χ1n) is 3.34. The number of allylic oxidation sites excluding steroid dienone is 4. The minimum Gasteiger partial charge on any atom is -0.501 e. The molecule has 1 aliphatic carbocycles. The van der Waals surface area contributed by atoms with Crippen LogP contribution in [0.2, 0.25) is 0 Å². The minimum atomic E-state index is -0.136. The van der Waals surface area contributed by atoms with Crippen LogP contribution >= 0.6 is 0 Å². The van der Waals surface area contributed by atoms with Gasteiger partial charge in [-0.15, -0.1) is 0 Å². The van der Waals surface area contributed by atoms with E-state index in [-0.39, 0.29) is 5.83 Å². The molecule has 0 bridgehead atoms. The van der Waals surface area contributed by atoms with E-state index < -0.39 is 0 Å². The van der Waals surface area contributed by atoms with Crippen LogP contribution in [0.25, 0.3) is 0 Å². The fraction of sp³-hybridized carbons (Fsp3) is 0.500. The van der Waals surface area contributed by atoms with Crippen molar-refractivity contribution < 1.29 is 9.13 Å². The Labute approximate surface area is 60.2 Å². The van der Waals surface area contributed by atoms with E-state index in [0.29, 0.717) is 0 Å². The average Bonchev–Trinajstić information content (AvgIpc) is 1.95. The molecule has 0 unspecified atom stereocenters. The molecule has 1 rings (SSSR count). The van der Waals surface area contributed by atoms with Crippen molar-refractivity contribution in [2.75, 3.05) is 7.11 Å². The molecule has 0 amide bonds. The molecule has 0 saturated heterocycles.